The minimum atomic E-state index is 0.966. The summed E-state index contributed by atoms with van der Waals surface area (Å²) in [6.45, 7) is 4.72. The lowest BCUT2D eigenvalue weighted by Crippen LogP contribution is -1.95. The Labute approximate surface area is 130 Å². The van der Waals surface area contributed by atoms with Crippen LogP contribution in [0, 0.1) is 5.92 Å². The molecule has 0 rings (SSSR count). The molecule has 0 heterocycles. The Morgan fingerprint density at radius 2 is 1.11 bits per heavy atom. The van der Waals surface area contributed by atoms with Gasteiger partial charge in [-0.15, -0.1) is 0 Å². The zero-order valence-corrected chi connectivity index (χ0v) is 15.0. The SMILES string of the molecule is CCCCCCCCCCCC[C@H](C)CCCI. The van der Waals surface area contributed by atoms with Crippen molar-refractivity contribution < 1.29 is 0 Å². The fraction of sp³-hybridized carbons (Fsp3) is 1.00. The highest BCUT2D eigenvalue weighted by molar-refractivity contribution is 14.1. The van der Waals surface area contributed by atoms with Gasteiger partial charge in [-0.25, -0.2) is 0 Å². The lowest BCUT2D eigenvalue weighted by molar-refractivity contribution is 0.452. The van der Waals surface area contributed by atoms with Crippen molar-refractivity contribution in [2.45, 2.75) is 97.3 Å². The first-order valence-electron chi connectivity index (χ1n) is 8.37. The maximum atomic E-state index is 2.49. The standard InChI is InChI=1S/C17H35I/c1-3-4-5-6-7-8-9-10-11-12-14-17(2)15-13-16-18/h17H,3-16H2,1-2H3/t17-/m0/s1. The second-order valence-corrected chi connectivity index (χ2v) is 6.99. The number of halogens is 1. The van der Waals surface area contributed by atoms with Gasteiger partial charge < -0.3 is 0 Å². The maximum Gasteiger partial charge on any atom is -0.000463 e. The van der Waals surface area contributed by atoms with Crippen molar-refractivity contribution in [2.24, 2.45) is 5.92 Å². The van der Waals surface area contributed by atoms with E-state index in [2.05, 4.69) is 36.4 Å². The summed E-state index contributed by atoms with van der Waals surface area (Å²) in [6.07, 6.45) is 18.9. The summed E-state index contributed by atoms with van der Waals surface area (Å²) in [5.41, 5.74) is 0. The summed E-state index contributed by atoms with van der Waals surface area (Å²) in [5, 5.41) is 0. The average Bonchev–Trinajstić information content (AvgIpc) is 2.38. The number of unbranched alkanes of at least 4 members (excludes halogenated alkanes) is 9. The first-order chi connectivity index (χ1) is 8.81. The van der Waals surface area contributed by atoms with Gasteiger partial charge in [0.25, 0.3) is 0 Å². The van der Waals surface area contributed by atoms with Gasteiger partial charge in [0.05, 0.1) is 0 Å². The third-order valence-corrected chi connectivity index (χ3v) is 4.64. The Hall–Kier alpha value is 0.730. The van der Waals surface area contributed by atoms with Crippen molar-refractivity contribution in [1.29, 1.82) is 0 Å². The molecule has 0 radical (unpaired) electrons. The monoisotopic (exact) mass is 366 g/mol. The largest absolute Gasteiger partial charge is 0.0864 e. The molecule has 0 bridgehead atoms. The molecule has 0 aromatic heterocycles. The molecule has 0 nitrogen and oxygen atoms in total. The van der Waals surface area contributed by atoms with E-state index in [1.807, 2.05) is 0 Å². The van der Waals surface area contributed by atoms with E-state index in [-0.39, 0.29) is 0 Å². The highest BCUT2D eigenvalue weighted by Gasteiger charge is 2.01. The molecule has 0 aromatic rings. The molecule has 0 aromatic carbocycles. The van der Waals surface area contributed by atoms with Crippen LogP contribution in [0.2, 0.25) is 0 Å². The van der Waals surface area contributed by atoms with Gasteiger partial charge in [0.15, 0.2) is 0 Å². The second-order valence-electron chi connectivity index (χ2n) is 5.91. The zero-order chi connectivity index (χ0) is 13.5. The minimum absolute atomic E-state index is 0.966. The van der Waals surface area contributed by atoms with Gasteiger partial charge in [0.2, 0.25) is 0 Å². The van der Waals surface area contributed by atoms with Crippen molar-refractivity contribution in [3.05, 3.63) is 0 Å². The highest BCUT2D eigenvalue weighted by Crippen LogP contribution is 2.17. The maximum absolute atomic E-state index is 2.49. The fourth-order valence-corrected chi connectivity index (χ4v) is 2.99. The van der Waals surface area contributed by atoms with Crippen molar-refractivity contribution in [2.75, 3.05) is 4.43 Å². The van der Waals surface area contributed by atoms with E-state index < -0.39 is 0 Å². The fourth-order valence-electron chi connectivity index (χ4n) is 2.55. The zero-order valence-electron chi connectivity index (χ0n) is 12.9. The summed E-state index contributed by atoms with van der Waals surface area (Å²) in [4.78, 5) is 0. The van der Waals surface area contributed by atoms with Crippen LogP contribution in [-0.4, -0.2) is 4.43 Å². The summed E-state index contributed by atoms with van der Waals surface area (Å²) in [5.74, 6) is 0.966. The van der Waals surface area contributed by atoms with Crippen molar-refractivity contribution in [3.8, 4) is 0 Å². The van der Waals surface area contributed by atoms with Crippen LogP contribution in [0.3, 0.4) is 0 Å². The molecular weight excluding hydrogens is 331 g/mol. The quantitative estimate of drug-likeness (QED) is 0.174. The molecule has 0 saturated carbocycles. The molecule has 0 saturated heterocycles. The number of hydrogen-bond donors (Lipinski definition) is 0. The van der Waals surface area contributed by atoms with Gasteiger partial charge in [-0.05, 0) is 23.2 Å². The van der Waals surface area contributed by atoms with Gasteiger partial charge in [-0.2, -0.15) is 0 Å². The predicted molar refractivity (Wildman–Crippen MR) is 93.7 cm³/mol. The lowest BCUT2D eigenvalue weighted by Gasteiger charge is -2.09. The van der Waals surface area contributed by atoms with Gasteiger partial charge in [0.1, 0.15) is 0 Å². The van der Waals surface area contributed by atoms with Crippen LogP contribution >= 0.6 is 22.6 Å². The summed E-state index contributed by atoms with van der Waals surface area (Å²) < 4.78 is 1.33. The Balaban J connectivity index is 3.02. The van der Waals surface area contributed by atoms with Gasteiger partial charge in [-0.1, -0.05) is 107 Å². The molecule has 0 amide bonds. The van der Waals surface area contributed by atoms with E-state index in [4.69, 9.17) is 0 Å². The van der Waals surface area contributed by atoms with Crippen LogP contribution < -0.4 is 0 Å². The first-order valence-corrected chi connectivity index (χ1v) is 9.89. The molecule has 0 aliphatic rings. The van der Waals surface area contributed by atoms with Gasteiger partial charge in [0, 0.05) is 0 Å². The number of alkyl halides is 1. The summed E-state index contributed by atoms with van der Waals surface area (Å²) in [7, 11) is 0. The van der Waals surface area contributed by atoms with E-state index >= 15 is 0 Å². The molecule has 110 valence electrons. The molecule has 1 atom stereocenters. The normalized spacial score (nSPS) is 12.8. The van der Waals surface area contributed by atoms with Gasteiger partial charge in [-0.3, -0.25) is 0 Å². The third-order valence-electron chi connectivity index (χ3n) is 3.88. The summed E-state index contributed by atoms with van der Waals surface area (Å²) >= 11 is 2.49. The number of hydrogen-bond acceptors (Lipinski definition) is 0. The average molecular weight is 366 g/mol. The Kier molecular flexibility index (Phi) is 16.4. The summed E-state index contributed by atoms with van der Waals surface area (Å²) in [6, 6.07) is 0. The Morgan fingerprint density at radius 1 is 0.667 bits per heavy atom. The highest BCUT2D eigenvalue weighted by atomic mass is 127. The van der Waals surface area contributed by atoms with E-state index in [0.29, 0.717) is 0 Å². The third kappa shape index (κ3) is 14.8. The van der Waals surface area contributed by atoms with Crippen molar-refractivity contribution in [3.63, 3.8) is 0 Å². The molecule has 0 spiro atoms. The molecule has 18 heavy (non-hydrogen) atoms. The molecule has 1 heteroatoms. The van der Waals surface area contributed by atoms with E-state index in [1.165, 1.54) is 87.9 Å². The molecule has 0 aliphatic carbocycles. The molecule has 0 fully saturated rings. The topological polar surface area (TPSA) is 0 Å². The van der Waals surface area contributed by atoms with E-state index in [1.54, 1.807) is 0 Å². The number of rotatable bonds is 14. The minimum Gasteiger partial charge on any atom is -0.0864 e. The van der Waals surface area contributed by atoms with Gasteiger partial charge >= 0.3 is 0 Å². The Morgan fingerprint density at radius 3 is 1.61 bits per heavy atom. The molecule has 0 N–H and O–H groups in total. The van der Waals surface area contributed by atoms with E-state index in [0.717, 1.165) is 5.92 Å². The molecular formula is C17H35I. The Bertz CT molecular complexity index is 145. The van der Waals surface area contributed by atoms with Crippen LogP contribution in [0.15, 0.2) is 0 Å². The van der Waals surface area contributed by atoms with Crippen LogP contribution in [0.1, 0.15) is 97.3 Å². The molecule has 0 unspecified atom stereocenters. The van der Waals surface area contributed by atoms with Crippen LogP contribution in [0.4, 0.5) is 0 Å². The van der Waals surface area contributed by atoms with Crippen molar-refractivity contribution >= 4 is 22.6 Å². The first kappa shape index (κ1) is 18.7. The predicted octanol–water partition coefficient (Wildman–Crippen LogP) is 7.15. The second kappa shape index (κ2) is 15.8. The lowest BCUT2D eigenvalue weighted by atomic mass is 9.98. The molecule has 0 aliphatic heterocycles. The van der Waals surface area contributed by atoms with Crippen LogP contribution in [0.25, 0.3) is 0 Å². The van der Waals surface area contributed by atoms with E-state index in [9.17, 15) is 0 Å². The van der Waals surface area contributed by atoms with Crippen LogP contribution in [0.5, 0.6) is 0 Å². The van der Waals surface area contributed by atoms with Crippen molar-refractivity contribution in [1.82, 2.24) is 0 Å². The van der Waals surface area contributed by atoms with Crippen LogP contribution in [-0.2, 0) is 0 Å². The smallest absolute Gasteiger partial charge is 0.000463 e.